The average molecular weight is 225 g/mol. The predicted octanol–water partition coefficient (Wildman–Crippen LogP) is 1.55. The maximum atomic E-state index is 9.07. The van der Waals surface area contributed by atoms with E-state index < -0.39 is 0 Å². The third kappa shape index (κ3) is 3.93. The molecule has 0 unspecified atom stereocenters. The van der Waals surface area contributed by atoms with Crippen molar-refractivity contribution in [3.8, 4) is 0 Å². The van der Waals surface area contributed by atoms with E-state index in [0.29, 0.717) is 12.5 Å². The SMILES string of the molecule is CCC/C=N\C(=N/C)N1CCC(CO)CC1. The maximum absolute atomic E-state index is 9.07. The lowest BCUT2D eigenvalue weighted by molar-refractivity contribution is 0.166. The van der Waals surface area contributed by atoms with Gasteiger partial charge < -0.3 is 10.0 Å². The number of guanidine groups is 1. The van der Waals surface area contributed by atoms with Gasteiger partial charge in [0.1, 0.15) is 0 Å². The zero-order valence-corrected chi connectivity index (χ0v) is 10.4. The van der Waals surface area contributed by atoms with Crippen LogP contribution in [0.3, 0.4) is 0 Å². The summed E-state index contributed by atoms with van der Waals surface area (Å²) in [7, 11) is 1.79. The first-order chi connectivity index (χ1) is 7.81. The Morgan fingerprint density at radius 3 is 2.62 bits per heavy atom. The highest BCUT2D eigenvalue weighted by Gasteiger charge is 2.20. The van der Waals surface area contributed by atoms with E-state index in [1.807, 2.05) is 6.21 Å². The van der Waals surface area contributed by atoms with Crippen molar-refractivity contribution < 1.29 is 5.11 Å². The molecule has 1 N–H and O–H groups in total. The van der Waals surface area contributed by atoms with Gasteiger partial charge in [0.25, 0.3) is 0 Å². The Labute approximate surface area is 98.1 Å². The molecule has 0 amide bonds. The van der Waals surface area contributed by atoms with Crippen molar-refractivity contribution in [3.05, 3.63) is 0 Å². The summed E-state index contributed by atoms with van der Waals surface area (Å²) < 4.78 is 0. The van der Waals surface area contributed by atoms with Crippen molar-refractivity contribution in [2.75, 3.05) is 26.7 Å². The molecule has 0 spiro atoms. The molecule has 0 aromatic carbocycles. The highest BCUT2D eigenvalue weighted by atomic mass is 16.3. The second-order valence-electron chi connectivity index (χ2n) is 4.24. The van der Waals surface area contributed by atoms with Crippen molar-refractivity contribution in [2.24, 2.45) is 15.9 Å². The van der Waals surface area contributed by atoms with Crippen LogP contribution in [0.5, 0.6) is 0 Å². The van der Waals surface area contributed by atoms with Crippen molar-refractivity contribution in [1.29, 1.82) is 0 Å². The molecule has 0 aromatic rings. The molecule has 0 bridgehead atoms. The first-order valence-electron chi connectivity index (χ1n) is 6.17. The zero-order valence-electron chi connectivity index (χ0n) is 10.4. The predicted molar refractivity (Wildman–Crippen MR) is 68.1 cm³/mol. The number of aliphatic hydroxyl groups is 1. The molecule has 0 atom stereocenters. The van der Waals surface area contributed by atoms with Gasteiger partial charge in [-0.1, -0.05) is 13.3 Å². The Morgan fingerprint density at radius 1 is 1.44 bits per heavy atom. The summed E-state index contributed by atoms with van der Waals surface area (Å²) >= 11 is 0. The van der Waals surface area contributed by atoms with Gasteiger partial charge >= 0.3 is 0 Å². The molecular weight excluding hydrogens is 202 g/mol. The molecule has 0 aliphatic carbocycles. The highest BCUT2D eigenvalue weighted by Crippen LogP contribution is 2.16. The number of aliphatic hydroxyl groups excluding tert-OH is 1. The average Bonchev–Trinajstić information content (AvgIpc) is 2.35. The normalized spacial score (nSPS) is 19.7. The Hall–Kier alpha value is -0.900. The van der Waals surface area contributed by atoms with Crippen molar-refractivity contribution in [2.45, 2.75) is 32.6 Å². The summed E-state index contributed by atoms with van der Waals surface area (Å²) in [5.41, 5.74) is 0. The molecule has 4 heteroatoms. The molecule has 1 rings (SSSR count). The fraction of sp³-hybridized carbons (Fsp3) is 0.833. The zero-order chi connectivity index (χ0) is 11.8. The highest BCUT2D eigenvalue weighted by molar-refractivity contribution is 5.87. The van der Waals surface area contributed by atoms with Gasteiger partial charge in [-0.3, -0.25) is 4.99 Å². The van der Waals surface area contributed by atoms with E-state index in [-0.39, 0.29) is 0 Å². The summed E-state index contributed by atoms with van der Waals surface area (Å²) in [6.07, 6.45) is 6.15. The van der Waals surface area contributed by atoms with Gasteiger partial charge in [-0.2, -0.15) is 0 Å². The molecular formula is C12H23N3O. The van der Waals surface area contributed by atoms with Crippen molar-refractivity contribution in [1.82, 2.24) is 4.90 Å². The Balaban J connectivity index is 2.43. The van der Waals surface area contributed by atoms with Gasteiger partial charge in [-0.05, 0) is 25.2 Å². The summed E-state index contributed by atoms with van der Waals surface area (Å²) in [5.74, 6) is 1.30. The van der Waals surface area contributed by atoms with E-state index in [4.69, 9.17) is 5.11 Å². The lowest BCUT2D eigenvalue weighted by Gasteiger charge is -2.31. The van der Waals surface area contributed by atoms with Crippen LogP contribution in [-0.2, 0) is 0 Å². The molecule has 4 nitrogen and oxygen atoms in total. The molecule has 1 heterocycles. The van der Waals surface area contributed by atoms with Crippen LogP contribution in [0.1, 0.15) is 32.6 Å². The number of piperidine rings is 1. The van der Waals surface area contributed by atoms with Crippen LogP contribution in [0.2, 0.25) is 0 Å². The van der Waals surface area contributed by atoms with Crippen LogP contribution < -0.4 is 0 Å². The number of aliphatic imine (C=N–C) groups is 2. The third-order valence-electron chi connectivity index (χ3n) is 2.98. The maximum Gasteiger partial charge on any atom is 0.219 e. The quantitative estimate of drug-likeness (QED) is 0.585. The second kappa shape index (κ2) is 7.39. The van der Waals surface area contributed by atoms with Crippen LogP contribution >= 0.6 is 0 Å². The smallest absolute Gasteiger partial charge is 0.219 e. The molecule has 1 aliphatic heterocycles. The van der Waals surface area contributed by atoms with Crippen LogP contribution in [0.15, 0.2) is 9.98 Å². The number of hydrogen-bond donors (Lipinski definition) is 1. The van der Waals surface area contributed by atoms with E-state index >= 15 is 0 Å². The summed E-state index contributed by atoms with van der Waals surface area (Å²) in [6.45, 7) is 4.37. The van der Waals surface area contributed by atoms with Crippen LogP contribution in [0.4, 0.5) is 0 Å². The molecule has 0 saturated carbocycles. The monoisotopic (exact) mass is 225 g/mol. The van der Waals surface area contributed by atoms with E-state index in [9.17, 15) is 0 Å². The summed E-state index contributed by atoms with van der Waals surface area (Å²) in [6, 6.07) is 0. The summed E-state index contributed by atoms with van der Waals surface area (Å²) in [4.78, 5) is 10.8. The number of hydrogen-bond acceptors (Lipinski definition) is 2. The van der Waals surface area contributed by atoms with Gasteiger partial charge in [0.05, 0.1) is 0 Å². The van der Waals surface area contributed by atoms with Gasteiger partial charge in [0.2, 0.25) is 5.96 Å². The van der Waals surface area contributed by atoms with Gasteiger partial charge in [0, 0.05) is 33.0 Å². The standard InChI is InChI=1S/C12H23N3O/c1-3-4-7-14-12(13-2)15-8-5-11(10-16)6-9-15/h7,11,16H,3-6,8-10H2,1-2H3/b13-12+,14-7-. The first kappa shape index (κ1) is 13.2. The molecule has 1 saturated heterocycles. The molecule has 1 aliphatic rings. The number of unbranched alkanes of at least 4 members (excludes halogenated alkanes) is 1. The molecule has 16 heavy (non-hydrogen) atoms. The lowest BCUT2D eigenvalue weighted by atomic mass is 9.98. The van der Waals surface area contributed by atoms with E-state index in [0.717, 1.165) is 44.7 Å². The molecule has 0 radical (unpaired) electrons. The van der Waals surface area contributed by atoms with Crippen molar-refractivity contribution in [3.63, 3.8) is 0 Å². The Morgan fingerprint density at radius 2 is 2.12 bits per heavy atom. The lowest BCUT2D eigenvalue weighted by Crippen LogP contribution is -2.38. The largest absolute Gasteiger partial charge is 0.396 e. The number of nitrogens with zero attached hydrogens (tertiary/aromatic N) is 3. The first-order valence-corrected chi connectivity index (χ1v) is 6.17. The van der Waals surface area contributed by atoms with E-state index in [1.54, 1.807) is 7.05 Å². The topological polar surface area (TPSA) is 48.2 Å². The minimum absolute atomic E-state index is 0.311. The molecule has 1 fully saturated rings. The van der Waals surface area contributed by atoms with Crippen LogP contribution in [-0.4, -0.2) is 48.9 Å². The van der Waals surface area contributed by atoms with Crippen LogP contribution in [0, 0.1) is 5.92 Å². The minimum Gasteiger partial charge on any atom is -0.396 e. The van der Waals surface area contributed by atoms with E-state index in [2.05, 4.69) is 21.8 Å². The third-order valence-corrected chi connectivity index (χ3v) is 2.98. The Kier molecular flexibility index (Phi) is 6.08. The summed E-state index contributed by atoms with van der Waals surface area (Å²) in [5, 5.41) is 9.07. The fourth-order valence-corrected chi connectivity index (χ4v) is 1.87. The number of likely N-dealkylation sites (tertiary alicyclic amines) is 1. The fourth-order valence-electron chi connectivity index (χ4n) is 1.87. The van der Waals surface area contributed by atoms with Gasteiger partial charge in [0.15, 0.2) is 0 Å². The van der Waals surface area contributed by atoms with Gasteiger partial charge in [-0.15, -0.1) is 0 Å². The minimum atomic E-state index is 0.311. The molecule has 92 valence electrons. The van der Waals surface area contributed by atoms with E-state index in [1.165, 1.54) is 0 Å². The van der Waals surface area contributed by atoms with Crippen LogP contribution in [0.25, 0.3) is 0 Å². The molecule has 0 aromatic heterocycles. The number of rotatable bonds is 3. The second-order valence-corrected chi connectivity index (χ2v) is 4.24. The Bertz CT molecular complexity index is 243. The van der Waals surface area contributed by atoms with Gasteiger partial charge in [-0.25, -0.2) is 4.99 Å². The van der Waals surface area contributed by atoms with Crippen molar-refractivity contribution >= 4 is 12.2 Å².